The van der Waals surface area contributed by atoms with Gasteiger partial charge in [0.15, 0.2) is 0 Å². The first kappa shape index (κ1) is 24.1. The highest BCUT2D eigenvalue weighted by Crippen LogP contribution is 2.42. The fourth-order valence-corrected chi connectivity index (χ4v) is 6.29. The molecule has 8 rings (SSSR count). The van der Waals surface area contributed by atoms with Gasteiger partial charge in [0.25, 0.3) is 0 Å². The van der Waals surface area contributed by atoms with Crippen molar-refractivity contribution in [2.75, 3.05) is 0 Å². The predicted molar refractivity (Wildman–Crippen MR) is 175 cm³/mol. The Hall–Kier alpha value is -5.78. The lowest BCUT2D eigenvalue weighted by molar-refractivity contribution is 1.42. The number of aromatic nitrogens is 1. The number of pyridine rings is 1. The van der Waals surface area contributed by atoms with Gasteiger partial charge in [-0.05, 0) is 73.5 Å². The maximum atomic E-state index is 9.47. The predicted octanol–water partition coefficient (Wildman–Crippen LogP) is 10.6. The van der Waals surface area contributed by atoms with Crippen molar-refractivity contribution in [1.82, 2.24) is 4.98 Å². The van der Waals surface area contributed by atoms with E-state index in [-0.39, 0.29) is 0 Å². The molecule has 0 N–H and O–H groups in total. The second-order valence-electron chi connectivity index (χ2n) is 10.7. The van der Waals surface area contributed by atoms with Crippen molar-refractivity contribution in [3.05, 3.63) is 151 Å². The number of nitriles is 1. The van der Waals surface area contributed by atoms with Crippen LogP contribution < -0.4 is 0 Å². The zero-order valence-electron chi connectivity index (χ0n) is 22.8. The summed E-state index contributed by atoms with van der Waals surface area (Å²) in [6.07, 6.45) is 0. The Morgan fingerprint density at radius 3 is 1.69 bits per heavy atom. The molecule has 2 nitrogen and oxygen atoms in total. The minimum atomic E-state index is 0.647. The largest absolute Gasteiger partial charge is 0.247 e. The number of benzene rings is 7. The molecule has 0 fully saturated rings. The van der Waals surface area contributed by atoms with Gasteiger partial charge >= 0.3 is 0 Å². The van der Waals surface area contributed by atoms with Crippen LogP contribution in [-0.2, 0) is 0 Å². The van der Waals surface area contributed by atoms with E-state index >= 15 is 0 Å². The summed E-state index contributed by atoms with van der Waals surface area (Å²) in [5, 5.41) is 17.7. The van der Waals surface area contributed by atoms with E-state index in [0.29, 0.717) is 5.56 Å². The molecule has 2 heteroatoms. The molecule has 0 unspecified atom stereocenters. The van der Waals surface area contributed by atoms with Crippen LogP contribution >= 0.6 is 0 Å². The maximum absolute atomic E-state index is 9.47. The summed E-state index contributed by atoms with van der Waals surface area (Å²) < 4.78 is 0. The van der Waals surface area contributed by atoms with Crippen LogP contribution in [0.2, 0.25) is 0 Å². The summed E-state index contributed by atoms with van der Waals surface area (Å²) in [5.74, 6) is 0. The van der Waals surface area contributed by atoms with E-state index < -0.39 is 0 Å². The van der Waals surface area contributed by atoms with Gasteiger partial charge in [0, 0.05) is 16.3 Å². The molecule has 0 saturated heterocycles. The van der Waals surface area contributed by atoms with Crippen LogP contribution in [-0.4, -0.2) is 4.98 Å². The van der Waals surface area contributed by atoms with Crippen molar-refractivity contribution in [3.8, 4) is 39.6 Å². The topological polar surface area (TPSA) is 36.7 Å². The summed E-state index contributed by atoms with van der Waals surface area (Å²) in [6, 6.07) is 53.3. The number of fused-ring (bicyclic) bond motifs is 5. The first-order valence-electron chi connectivity index (χ1n) is 14.1. The molecular formula is C40H24N2. The molecule has 0 bridgehead atoms. The quantitative estimate of drug-likeness (QED) is 0.212. The minimum absolute atomic E-state index is 0.647. The third kappa shape index (κ3) is 3.84. The Morgan fingerprint density at radius 2 is 1.00 bits per heavy atom. The Morgan fingerprint density at radius 1 is 0.429 bits per heavy atom. The van der Waals surface area contributed by atoms with Gasteiger partial charge in [-0.3, -0.25) is 0 Å². The molecule has 7 aromatic carbocycles. The van der Waals surface area contributed by atoms with Crippen molar-refractivity contribution in [2.45, 2.75) is 0 Å². The lowest BCUT2D eigenvalue weighted by Crippen LogP contribution is -1.94. The molecule has 8 aromatic rings. The third-order valence-electron chi connectivity index (χ3n) is 8.29. The number of nitrogens with zero attached hydrogens (tertiary/aromatic N) is 2. The molecular weight excluding hydrogens is 508 g/mol. The van der Waals surface area contributed by atoms with Gasteiger partial charge in [0.2, 0.25) is 0 Å². The summed E-state index contributed by atoms with van der Waals surface area (Å²) in [5.41, 5.74) is 8.20. The van der Waals surface area contributed by atoms with Crippen LogP contribution in [0.5, 0.6) is 0 Å². The molecule has 0 atom stereocenters. The fourth-order valence-electron chi connectivity index (χ4n) is 6.29. The Bertz CT molecular complexity index is 2350. The van der Waals surface area contributed by atoms with E-state index in [2.05, 4.69) is 127 Å². The highest BCUT2D eigenvalue weighted by Gasteiger charge is 2.17. The van der Waals surface area contributed by atoms with Crippen LogP contribution in [0.3, 0.4) is 0 Å². The standard InChI is InChI=1S/C40H24N2/c41-25-26-19-21-29(22-20-26)36-24-39(34-18-8-12-28-10-2-4-14-31(28)34)42-40-35-16-6-5-15-33(35)37(23-38(36)40)32-17-7-11-27-9-1-3-13-30(27)32/h1-24H. The number of hydrogen-bond donors (Lipinski definition) is 0. The smallest absolute Gasteiger partial charge is 0.0991 e. The monoisotopic (exact) mass is 532 g/mol. The van der Waals surface area contributed by atoms with Crippen molar-refractivity contribution < 1.29 is 0 Å². The maximum Gasteiger partial charge on any atom is 0.0991 e. The van der Waals surface area contributed by atoms with Crippen LogP contribution in [0.15, 0.2) is 146 Å². The van der Waals surface area contributed by atoms with Crippen molar-refractivity contribution >= 4 is 43.2 Å². The molecule has 0 aliphatic heterocycles. The van der Waals surface area contributed by atoms with Gasteiger partial charge in [-0.1, -0.05) is 121 Å². The molecule has 194 valence electrons. The Kier molecular flexibility index (Phi) is 5.55. The van der Waals surface area contributed by atoms with Gasteiger partial charge in [-0.25, -0.2) is 4.98 Å². The van der Waals surface area contributed by atoms with Crippen molar-refractivity contribution in [3.63, 3.8) is 0 Å². The van der Waals surface area contributed by atoms with Gasteiger partial charge in [-0.15, -0.1) is 0 Å². The number of hydrogen-bond acceptors (Lipinski definition) is 2. The van der Waals surface area contributed by atoms with Crippen molar-refractivity contribution in [2.24, 2.45) is 0 Å². The lowest BCUT2D eigenvalue weighted by atomic mass is 9.89. The van der Waals surface area contributed by atoms with E-state index in [4.69, 9.17) is 4.98 Å². The zero-order valence-corrected chi connectivity index (χ0v) is 22.8. The normalized spacial score (nSPS) is 11.3. The van der Waals surface area contributed by atoms with Crippen LogP contribution in [0.1, 0.15) is 5.56 Å². The molecule has 0 spiro atoms. The molecule has 0 radical (unpaired) electrons. The van der Waals surface area contributed by atoms with E-state index in [0.717, 1.165) is 38.7 Å². The minimum Gasteiger partial charge on any atom is -0.247 e. The second kappa shape index (κ2) is 9.70. The molecule has 0 aliphatic rings. The molecule has 1 heterocycles. The molecule has 0 aliphatic carbocycles. The van der Waals surface area contributed by atoms with Gasteiger partial charge in [0.1, 0.15) is 0 Å². The zero-order chi connectivity index (χ0) is 28.0. The Labute approximate surface area is 243 Å². The molecule has 1 aromatic heterocycles. The van der Waals surface area contributed by atoms with Crippen molar-refractivity contribution in [1.29, 1.82) is 5.26 Å². The molecule has 42 heavy (non-hydrogen) atoms. The first-order chi connectivity index (χ1) is 20.8. The average molecular weight is 533 g/mol. The van der Waals surface area contributed by atoms with Gasteiger partial charge in [0.05, 0.1) is 22.8 Å². The van der Waals surface area contributed by atoms with E-state index in [1.54, 1.807) is 0 Å². The van der Waals surface area contributed by atoms with Crippen LogP contribution in [0, 0.1) is 11.3 Å². The molecule has 0 amide bonds. The highest BCUT2D eigenvalue weighted by molar-refractivity contribution is 6.18. The number of rotatable bonds is 3. The fraction of sp³-hybridized carbons (Fsp3) is 0. The first-order valence-corrected chi connectivity index (χ1v) is 14.1. The summed E-state index contributed by atoms with van der Waals surface area (Å²) in [7, 11) is 0. The molecule has 0 saturated carbocycles. The summed E-state index contributed by atoms with van der Waals surface area (Å²) in [4.78, 5) is 5.39. The van der Waals surface area contributed by atoms with E-state index in [1.165, 1.54) is 38.1 Å². The van der Waals surface area contributed by atoms with Crippen LogP contribution in [0.25, 0.3) is 76.7 Å². The van der Waals surface area contributed by atoms with E-state index in [9.17, 15) is 5.26 Å². The summed E-state index contributed by atoms with van der Waals surface area (Å²) in [6.45, 7) is 0. The Balaban J connectivity index is 1.51. The highest BCUT2D eigenvalue weighted by atomic mass is 14.7. The summed E-state index contributed by atoms with van der Waals surface area (Å²) >= 11 is 0. The van der Waals surface area contributed by atoms with Gasteiger partial charge in [-0.2, -0.15) is 5.26 Å². The second-order valence-corrected chi connectivity index (χ2v) is 10.7. The lowest BCUT2D eigenvalue weighted by Gasteiger charge is -2.17. The van der Waals surface area contributed by atoms with E-state index in [1.807, 2.05) is 24.3 Å². The third-order valence-corrected chi connectivity index (χ3v) is 8.29. The van der Waals surface area contributed by atoms with Crippen LogP contribution in [0.4, 0.5) is 0 Å². The SMILES string of the molecule is N#Cc1ccc(-c2cc(-c3cccc4ccccc34)nc3c2cc(-c2cccc4ccccc24)c2ccccc23)cc1. The average Bonchev–Trinajstić information content (AvgIpc) is 3.07. The van der Waals surface area contributed by atoms with Gasteiger partial charge < -0.3 is 0 Å².